The first-order valence-electron chi connectivity index (χ1n) is 5.82. The SMILES string of the molecule is CN(Cc1ccccn1)S(=O)(=O)c1cc(Cl)ccc1N. The molecule has 0 aliphatic heterocycles. The van der Waals surface area contributed by atoms with E-state index >= 15 is 0 Å². The molecule has 0 spiro atoms. The largest absolute Gasteiger partial charge is 0.398 e. The molecule has 0 radical (unpaired) electrons. The Morgan fingerprint density at radius 3 is 2.70 bits per heavy atom. The summed E-state index contributed by atoms with van der Waals surface area (Å²) in [5, 5.41) is 0.323. The van der Waals surface area contributed by atoms with E-state index in [1.54, 1.807) is 30.5 Å². The normalized spacial score (nSPS) is 11.8. The lowest BCUT2D eigenvalue weighted by atomic mass is 10.3. The van der Waals surface area contributed by atoms with Gasteiger partial charge in [-0.25, -0.2) is 8.42 Å². The zero-order valence-corrected chi connectivity index (χ0v) is 12.4. The minimum absolute atomic E-state index is 0.00318. The van der Waals surface area contributed by atoms with Crippen LogP contribution in [0.25, 0.3) is 0 Å². The number of nitrogens with two attached hydrogens (primary N) is 1. The van der Waals surface area contributed by atoms with Crippen molar-refractivity contribution in [2.24, 2.45) is 0 Å². The van der Waals surface area contributed by atoms with Gasteiger partial charge in [0.1, 0.15) is 4.90 Å². The second-order valence-electron chi connectivity index (χ2n) is 4.26. The van der Waals surface area contributed by atoms with E-state index in [4.69, 9.17) is 17.3 Å². The predicted molar refractivity (Wildman–Crippen MR) is 78.8 cm³/mol. The van der Waals surface area contributed by atoms with Crippen molar-refractivity contribution in [3.63, 3.8) is 0 Å². The lowest BCUT2D eigenvalue weighted by Crippen LogP contribution is -2.27. The van der Waals surface area contributed by atoms with Crippen LogP contribution in [0.5, 0.6) is 0 Å². The van der Waals surface area contributed by atoms with E-state index in [0.717, 1.165) is 0 Å². The quantitative estimate of drug-likeness (QED) is 0.878. The van der Waals surface area contributed by atoms with Gasteiger partial charge in [-0.2, -0.15) is 4.31 Å². The standard InChI is InChI=1S/C13H14ClN3O2S/c1-17(9-11-4-2-3-7-16-11)20(18,19)13-8-10(14)5-6-12(13)15/h2-8H,9,15H2,1H3. The van der Waals surface area contributed by atoms with Gasteiger partial charge in [-0.1, -0.05) is 17.7 Å². The van der Waals surface area contributed by atoms with Gasteiger partial charge in [0.2, 0.25) is 10.0 Å². The van der Waals surface area contributed by atoms with E-state index in [1.165, 1.54) is 23.5 Å². The van der Waals surface area contributed by atoms with Crippen LogP contribution in [0.1, 0.15) is 5.69 Å². The fraction of sp³-hybridized carbons (Fsp3) is 0.154. The van der Waals surface area contributed by atoms with Gasteiger partial charge in [-0.15, -0.1) is 0 Å². The molecular formula is C13H14ClN3O2S. The van der Waals surface area contributed by atoms with Crippen molar-refractivity contribution in [1.82, 2.24) is 9.29 Å². The number of hydrogen-bond donors (Lipinski definition) is 1. The molecule has 2 rings (SSSR count). The number of rotatable bonds is 4. The summed E-state index contributed by atoms with van der Waals surface area (Å²) in [5.74, 6) is 0. The molecule has 1 aromatic heterocycles. The number of pyridine rings is 1. The van der Waals surface area contributed by atoms with Crippen molar-refractivity contribution in [2.75, 3.05) is 12.8 Å². The number of aromatic nitrogens is 1. The second kappa shape index (κ2) is 5.78. The third-order valence-corrected chi connectivity index (χ3v) is 4.87. The molecule has 106 valence electrons. The van der Waals surface area contributed by atoms with Gasteiger partial charge in [0.05, 0.1) is 17.9 Å². The molecule has 0 unspecified atom stereocenters. The summed E-state index contributed by atoms with van der Waals surface area (Å²) in [6.07, 6.45) is 1.61. The number of sulfonamides is 1. The van der Waals surface area contributed by atoms with Crippen LogP contribution in [-0.4, -0.2) is 24.8 Å². The van der Waals surface area contributed by atoms with Crippen LogP contribution in [0, 0.1) is 0 Å². The molecule has 0 amide bonds. The van der Waals surface area contributed by atoms with Gasteiger partial charge in [0.15, 0.2) is 0 Å². The van der Waals surface area contributed by atoms with Crippen LogP contribution >= 0.6 is 11.6 Å². The number of halogens is 1. The molecule has 0 fully saturated rings. The minimum Gasteiger partial charge on any atom is -0.398 e. The van der Waals surface area contributed by atoms with Gasteiger partial charge >= 0.3 is 0 Å². The minimum atomic E-state index is -3.71. The molecule has 7 heteroatoms. The van der Waals surface area contributed by atoms with E-state index in [0.29, 0.717) is 10.7 Å². The first kappa shape index (κ1) is 14.8. The summed E-state index contributed by atoms with van der Waals surface area (Å²) in [6.45, 7) is 0.162. The Kier molecular flexibility index (Phi) is 4.27. The zero-order valence-electron chi connectivity index (χ0n) is 10.8. The molecule has 0 saturated carbocycles. The Morgan fingerprint density at radius 2 is 2.05 bits per heavy atom. The summed E-state index contributed by atoms with van der Waals surface area (Å²) in [7, 11) is -2.23. The number of hydrogen-bond acceptors (Lipinski definition) is 4. The van der Waals surface area contributed by atoms with Crippen molar-refractivity contribution in [3.05, 3.63) is 53.3 Å². The Labute approximate surface area is 123 Å². The highest BCUT2D eigenvalue weighted by Gasteiger charge is 2.24. The van der Waals surface area contributed by atoms with Gasteiger partial charge in [0, 0.05) is 18.3 Å². The van der Waals surface area contributed by atoms with Crippen LogP contribution in [0.4, 0.5) is 5.69 Å². The van der Waals surface area contributed by atoms with Crippen molar-refractivity contribution >= 4 is 27.3 Å². The van der Waals surface area contributed by atoms with E-state index in [-0.39, 0.29) is 17.1 Å². The highest BCUT2D eigenvalue weighted by Crippen LogP contribution is 2.25. The molecule has 20 heavy (non-hydrogen) atoms. The second-order valence-corrected chi connectivity index (χ2v) is 6.71. The molecule has 0 aliphatic rings. The Hall–Kier alpha value is -1.63. The Bertz CT molecular complexity index is 705. The summed E-state index contributed by atoms with van der Waals surface area (Å²) in [6, 6.07) is 9.70. The molecule has 1 aromatic carbocycles. The summed E-state index contributed by atoms with van der Waals surface area (Å²) in [4.78, 5) is 4.11. The average Bonchev–Trinajstić information content (AvgIpc) is 2.42. The summed E-state index contributed by atoms with van der Waals surface area (Å²) < 4.78 is 26.1. The van der Waals surface area contributed by atoms with Crippen molar-refractivity contribution in [2.45, 2.75) is 11.4 Å². The predicted octanol–water partition coefficient (Wildman–Crippen LogP) is 2.14. The smallest absolute Gasteiger partial charge is 0.245 e. The summed E-state index contributed by atoms with van der Waals surface area (Å²) >= 11 is 5.84. The molecule has 0 saturated heterocycles. The number of benzene rings is 1. The molecule has 5 nitrogen and oxygen atoms in total. The topological polar surface area (TPSA) is 76.3 Å². The van der Waals surface area contributed by atoms with E-state index in [1.807, 2.05) is 0 Å². The molecule has 0 aliphatic carbocycles. The molecule has 0 atom stereocenters. The van der Waals surface area contributed by atoms with Crippen molar-refractivity contribution in [3.8, 4) is 0 Å². The number of anilines is 1. The number of nitrogen functional groups attached to an aromatic ring is 1. The van der Waals surface area contributed by atoms with Crippen molar-refractivity contribution < 1.29 is 8.42 Å². The van der Waals surface area contributed by atoms with E-state index in [2.05, 4.69) is 4.98 Å². The highest BCUT2D eigenvalue weighted by molar-refractivity contribution is 7.89. The highest BCUT2D eigenvalue weighted by atomic mass is 35.5. The Balaban J connectivity index is 2.32. The van der Waals surface area contributed by atoms with Crippen molar-refractivity contribution in [1.29, 1.82) is 0 Å². The molecule has 2 N–H and O–H groups in total. The maximum absolute atomic E-state index is 12.5. The summed E-state index contributed by atoms with van der Waals surface area (Å²) in [5.41, 5.74) is 6.55. The zero-order chi connectivity index (χ0) is 14.8. The van der Waals surface area contributed by atoms with Crippen LogP contribution in [0.15, 0.2) is 47.5 Å². The first-order valence-corrected chi connectivity index (χ1v) is 7.64. The first-order chi connectivity index (χ1) is 9.41. The van der Waals surface area contributed by atoms with E-state index in [9.17, 15) is 8.42 Å². The average molecular weight is 312 g/mol. The van der Waals surface area contributed by atoms with E-state index < -0.39 is 10.0 Å². The third kappa shape index (κ3) is 3.09. The van der Waals surface area contributed by atoms with Crippen LogP contribution in [-0.2, 0) is 16.6 Å². The fourth-order valence-corrected chi connectivity index (χ4v) is 3.22. The van der Waals surface area contributed by atoms with Crippen LogP contribution in [0.2, 0.25) is 5.02 Å². The van der Waals surface area contributed by atoms with Crippen LogP contribution in [0.3, 0.4) is 0 Å². The third-order valence-electron chi connectivity index (χ3n) is 2.77. The molecule has 2 aromatic rings. The molecule has 0 bridgehead atoms. The Morgan fingerprint density at radius 1 is 1.30 bits per heavy atom. The lowest BCUT2D eigenvalue weighted by Gasteiger charge is -2.18. The monoisotopic (exact) mass is 311 g/mol. The maximum Gasteiger partial charge on any atom is 0.245 e. The van der Waals surface area contributed by atoms with Crippen LogP contribution < -0.4 is 5.73 Å². The molecular weight excluding hydrogens is 298 g/mol. The van der Waals surface area contributed by atoms with Gasteiger partial charge < -0.3 is 5.73 Å². The van der Waals surface area contributed by atoms with Gasteiger partial charge in [-0.05, 0) is 30.3 Å². The number of nitrogens with zero attached hydrogens (tertiary/aromatic N) is 2. The van der Waals surface area contributed by atoms with Gasteiger partial charge in [-0.3, -0.25) is 4.98 Å². The maximum atomic E-state index is 12.5. The lowest BCUT2D eigenvalue weighted by molar-refractivity contribution is 0.462. The van der Waals surface area contributed by atoms with Gasteiger partial charge in [0.25, 0.3) is 0 Å². The fourth-order valence-electron chi connectivity index (χ4n) is 1.70. The molecule has 1 heterocycles.